The Morgan fingerprint density at radius 3 is 2.00 bits per heavy atom. The third-order valence-corrected chi connectivity index (χ3v) is 5.97. The number of nitrogens with two attached hydrogens (primary N) is 1. The molecule has 1 unspecified atom stereocenters. The number of benzene rings is 3. The van der Waals surface area contributed by atoms with E-state index in [0.29, 0.717) is 12.8 Å². The highest BCUT2D eigenvalue weighted by Crippen LogP contribution is 2.25. The minimum atomic E-state index is -0.772. The third kappa shape index (κ3) is 7.68. The first-order chi connectivity index (χ1) is 17.5. The molecular weight excluding hydrogens is 454 g/mol. The molecule has 3 aromatic carbocycles. The maximum Gasteiger partial charge on any atom is 0.242 e. The number of nitrogens with one attached hydrogen (secondary N) is 3. The van der Waals surface area contributed by atoms with Crippen LogP contribution in [0.1, 0.15) is 35.4 Å². The van der Waals surface area contributed by atoms with Gasteiger partial charge in [0.15, 0.2) is 0 Å². The SMILES string of the molecule is CNC(C=NN)CC[C@H](NC(=O)C(c1ccccc1)c1ccccc1)C(=O)NCc1ccc(O)cc1. The molecule has 0 aliphatic rings. The van der Waals surface area contributed by atoms with Gasteiger partial charge in [-0.15, -0.1) is 0 Å². The molecule has 3 rings (SSSR count). The van der Waals surface area contributed by atoms with E-state index in [2.05, 4.69) is 21.1 Å². The number of rotatable bonds is 12. The number of phenolic OH excluding ortho intramolecular Hbond substituents is 1. The van der Waals surface area contributed by atoms with Crippen molar-refractivity contribution in [1.29, 1.82) is 0 Å². The molecule has 0 aliphatic heterocycles. The minimum absolute atomic E-state index is 0.140. The molecule has 36 heavy (non-hydrogen) atoms. The lowest BCUT2D eigenvalue weighted by Crippen LogP contribution is -2.48. The molecule has 0 spiro atoms. The highest BCUT2D eigenvalue weighted by molar-refractivity contribution is 5.92. The van der Waals surface area contributed by atoms with Crippen LogP contribution in [0.5, 0.6) is 5.75 Å². The Bertz CT molecular complexity index is 1080. The van der Waals surface area contributed by atoms with Gasteiger partial charge in [0.05, 0.1) is 5.92 Å². The van der Waals surface area contributed by atoms with Crippen molar-refractivity contribution in [3.63, 3.8) is 0 Å². The summed E-state index contributed by atoms with van der Waals surface area (Å²) in [5.41, 5.74) is 2.52. The van der Waals surface area contributed by atoms with Crippen LogP contribution in [0.15, 0.2) is 90.0 Å². The summed E-state index contributed by atoms with van der Waals surface area (Å²) in [5.74, 6) is 4.34. The summed E-state index contributed by atoms with van der Waals surface area (Å²) in [4.78, 5) is 26.8. The van der Waals surface area contributed by atoms with Crippen molar-refractivity contribution >= 4 is 18.0 Å². The summed E-state index contributed by atoms with van der Waals surface area (Å²) in [6.07, 6.45) is 2.49. The van der Waals surface area contributed by atoms with Crippen LogP contribution in [0.4, 0.5) is 0 Å². The molecule has 0 aliphatic carbocycles. The molecule has 8 heteroatoms. The van der Waals surface area contributed by atoms with E-state index < -0.39 is 12.0 Å². The number of phenols is 1. The van der Waals surface area contributed by atoms with Crippen LogP contribution in [0.25, 0.3) is 0 Å². The van der Waals surface area contributed by atoms with Crippen LogP contribution in [-0.4, -0.2) is 42.3 Å². The Morgan fingerprint density at radius 2 is 1.47 bits per heavy atom. The average Bonchev–Trinajstić information content (AvgIpc) is 2.91. The first kappa shape index (κ1) is 26.4. The van der Waals surface area contributed by atoms with E-state index in [1.807, 2.05) is 60.7 Å². The first-order valence-electron chi connectivity index (χ1n) is 11.9. The Labute approximate surface area is 211 Å². The lowest BCUT2D eigenvalue weighted by atomic mass is 9.90. The van der Waals surface area contributed by atoms with Gasteiger partial charge in [-0.1, -0.05) is 72.8 Å². The van der Waals surface area contributed by atoms with E-state index in [9.17, 15) is 14.7 Å². The highest BCUT2D eigenvalue weighted by Gasteiger charge is 2.28. The highest BCUT2D eigenvalue weighted by atomic mass is 16.3. The number of carbonyl (C=O) groups is 2. The van der Waals surface area contributed by atoms with Crippen molar-refractivity contribution in [2.24, 2.45) is 10.9 Å². The van der Waals surface area contributed by atoms with E-state index in [4.69, 9.17) is 5.84 Å². The van der Waals surface area contributed by atoms with Crippen molar-refractivity contribution in [2.45, 2.75) is 37.4 Å². The van der Waals surface area contributed by atoms with Gasteiger partial charge in [0.2, 0.25) is 11.8 Å². The Balaban J connectivity index is 1.80. The van der Waals surface area contributed by atoms with Crippen LogP contribution < -0.4 is 21.8 Å². The molecule has 0 bridgehead atoms. The summed E-state index contributed by atoms with van der Waals surface area (Å²) >= 11 is 0. The number of aromatic hydroxyl groups is 1. The summed E-state index contributed by atoms with van der Waals surface area (Å²) < 4.78 is 0. The quantitative estimate of drug-likeness (QED) is 0.152. The monoisotopic (exact) mass is 487 g/mol. The van der Waals surface area contributed by atoms with E-state index >= 15 is 0 Å². The van der Waals surface area contributed by atoms with Crippen molar-refractivity contribution in [3.05, 3.63) is 102 Å². The standard InChI is InChI=1S/C28H33N5O3/c1-30-23(19-32-29)14-17-25(27(35)31-18-20-12-15-24(34)16-13-20)33-28(36)26(21-8-4-2-5-9-21)22-10-6-3-7-11-22/h2-13,15-16,19,23,25-26,30,34H,14,17-18,29H2,1H3,(H,31,35)(H,33,36)/t23?,25-/m0/s1. The molecule has 2 atom stereocenters. The van der Waals surface area contributed by atoms with Crippen LogP contribution in [0.3, 0.4) is 0 Å². The molecule has 0 saturated carbocycles. The molecule has 0 heterocycles. The number of hydrogen-bond acceptors (Lipinski definition) is 6. The fourth-order valence-electron chi connectivity index (χ4n) is 3.98. The molecule has 0 saturated heterocycles. The largest absolute Gasteiger partial charge is 0.508 e. The van der Waals surface area contributed by atoms with E-state index in [1.54, 1.807) is 37.5 Å². The number of nitrogens with zero attached hydrogens (tertiary/aromatic N) is 1. The first-order valence-corrected chi connectivity index (χ1v) is 11.9. The Hall–Kier alpha value is -4.17. The van der Waals surface area contributed by atoms with E-state index in [-0.39, 0.29) is 30.2 Å². The fourth-order valence-corrected chi connectivity index (χ4v) is 3.98. The van der Waals surface area contributed by atoms with Gasteiger partial charge in [0.1, 0.15) is 11.8 Å². The lowest BCUT2D eigenvalue weighted by Gasteiger charge is -2.24. The summed E-state index contributed by atoms with van der Waals surface area (Å²) in [6.45, 7) is 0.270. The molecule has 3 aromatic rings. The van der Waals surface area contributed by atoms with Gasteiger partial charge in [0, 0.05) is 18.8 Å². The van der Waals surface area contributed by atoms with Crippen LogP contribution in [0, 0.1) is 0 Å². The van der Waals surface area contributed by atoms with Gasteiger partial charge in [0.25, 0.3) is 0 Å². The van der Waals surface area contributed by atoms with Gasteiger partial charge < -0.3 is 26.9 Å². The minimum Gasteiger partial charge on any atom is -0.508 e. The summed E-state index contributed by atoms with van der Waals surface area (Å²) in [7, 11) is 1.78. The maximum absolute atomic E-state index is 13.6. The van der Waals surface area contributed by atoms with Gasteiger partial charge in [-0.2, -0.15) is 5.10 Å². The van der Waals surface area contributed by atoms with Crippen LogP contribution in [0.2, 0.25) is 0 Å². The van der Waals surface area contributed by atoms with Gasteiger partial charge >= 0.3 is 0 Å². The maximum atomic E-state index is 13.6. The van der Waals surface area contributed by atoms with Gasteiger partial charge in [-0.25, -0.2) is 0 Å². The zero-order valence-electron chi connectivity index (χ0n) is 20.3. The topological polar surface area (TPSA) is 129 Å². The lowest BCUT2D eigenvalue weighted by molar-refractivity contribution is -0.129. The van der Waals surface area contributed by atoms with Gasteiger partial charge in [-0.05, 0) is 48.7 Å². The zero-order valence-corrected chi connectivity index (χ0v) is 20.3. The fraction of sp³-hybridized carbons (Fsp3) is 0.250. The number of hydrogen-bond donors (Lipinski definition) is 5. The molecule has 188 valence electrons. The van der Waals surface area contributed by atoms with Crippen molar-refractivity contribution in [3.8, 4) is 5.75 Å². The predicted molar refractivity (Wildman–Crippen MR) is 141 cm³/mol. The Morgan fingerprint density at radius 1 is 0.889 bits per heavy atom. The summed E-state index contributed by atoms with van der Waals surface area (Å²) in [5, 5.41) is 22.1. The average molecular weight is 488 g/mol. The molecule has 0 fully saturated rings. The van der Waals surface area contributed by atoms with Crippen molar-refractivity contribution in [1.82, 2.24) is 16.0 Å². The smallest absolute Gasteiger partial charge is 0.242 e. The van der Waals surface area contributed by atoms with Crippen LogP contribution >= 0.6 is 0 Å². The number of amides is 2. The van der Waals surface area contributed by atoms with Crippen molar-refractivity contribution < 1.29 is 14.7 Å². The molecule has 0 aromatic heterocycles. The zero-order chi connectivity index (χ0) is 25.8. The van der Waals surface area contributed by atoms with E-state index in [1.165, 1.54) is 0 Å². The van der Waals surface area contributed by atoms with Crippen LogP contribution in [-0.2, 0) is 16.1 Å². The second kappa shape index (κ2) is 13.7. The molecule has 6 N–H and O–H groups in total. The molecular formula is C28H33N5O3. The van der Waals surface area contributed by atoms with E-state index in [0.717, 1.165) is 16.7 Å². The molecule has 0 radical (unpaired) electrons. The third-order valence-electron chi connectivity index (χ3n) is 5.97. The predicted octanol–water partition coefficient (Wildman–Crippen LogP) is 2.64. The molecule has 8 nitrogen and oxygen atoms in total. The van der Waals surface area contributed by atoms with Gasteiger partial charge in [-0.3, -0.25) is 9.59 Å². The molecule has 2 amide bonds. The van der Waals surface area contributed by atoms with Crippen molar-refractivity contribution in [2.75, 3.05) is 7.05 Å². The number of carbonyl (C=O) groups excluding carboxylic acids is 2. The Kier molecular flexibility index (Phi) is 10.0. The second-order valence-corrected chi connectivity index (χ2v) is 8.47. The normalized spacial score (nSPS) is 12.8. The second-order valence-electron chi connectivity index (χ2n) is 8.47. The number of hydrazone groups is 1. The summed E-state index contributed by atoms with van der Waals surface area (Å²) in [6, 6.07) is 24.7.